The van der Waals surface area contributed by atoms with Crippen molar-refractivity contribution < 1.29 is 0 Å². The smallest absolute Gasteiger partial charge is 0.000741 e. The van der Waals surface area contributed by atoms with Gasteiger partial charge < -0.3 is 0 Å². The van der Waals surface area contributed by atoms with Crippen LogP contribution in [-0.4, -0.2) is 0 Å². The zero-order valence-electron chi connectivity index (χ0n) is 34.9. The number of hydrogen-bond acceptors (Lipinski definition) is 0. The van der Waals surface area contributed by atoms with Gasteiger partial charge >= 0.3 is 0 Å². The summed E-state index contributed by atoms with van der Waals surface area (Å²) < 4.78 is 0. The normalized spacial score (nSPS) is 11.8. The largest absolute Gasteiger partial charge is 0.0654 e. The third kappa shape index (κ3) is 7.19. The Hall–Kier alpha value is -5.72. The van der Waals surface area contributed by atoms with Gasteiger partial charge in [0, 0.05) is 0 Å². The lowest BCUT2D eigenvalue weighted by Crippen LogP contribution is -1.95. The summed E-state index contributed by atoms with van der Waals surface area (Å²) in [6.45, 7) is 9.10. The monoisotopic (exact) mass is 752 g/mol. The fourth-order valence-corrected chi connectivity index (χ4v) is 9.94. The summed E-state index contributed by atoms with van der Waals surface area (Å²) >= 11 is 0. The van der Waals surface area contributed by atoms with Crippen molar-refractivity contribution in [3.8, 4) is 66.8 Å². The van der Waals surface area contributed by atoms with E-state index in [1.54, 1.807) is 0 Å². The molecule has 0 saturated carbocycles. The van der Waals surface area contributed by atoms with Gasteiger partial charge in [0.15, 0.2) is 0 Å². The third-order valence-electron chi connectivity index (χ3n) is 12.6. The SMILES string of the molecule is CCCCCCc1cc(C)cc(-c2ccc3c(-c4ccccc4)c4c(c(-c5ccccc5)c3c2)-c2cccc3c(-c5cc(C)cc(CCCCCC)c5)ccc-4c23)c1. The molecule has 0 aliphatic heterocycles. The first-order chi connectivity index (χ1) is 28.5. The second-order valence-electron chi connectivity index (χ2n) is 16.9. The standard InChI is InChI=1S/C58H56/c1-5-7-9-13-20-41-32-39(3)34-46(36-41)45-28-29-50-53(38-45)55(44-24-17-12-18-25-44)57-51-27-19-26-49-48(47-35-40(4)33-42(37-47)21-14-10-8-6-2)30-31-52(56(49)51)58(57)54(50)43-22-15-11-16-23-43/h11-12,15-19,22-38H,5-10,13-14,20-21H2,1-4H3. The topological polar surface area (TPSA) is 0 Å². The van der Waals surface area contributed by atoms with Crippen LogP contribution in [0.15, 0.2) is 146 Å². The van der Waals surface area contributed by atoms with Crippen LogP contribution in [0.1, 0.15) is 87.5 Å². The van der Waals surface area contributed by atoms with E-state index in [1.165, 1.54) is 162 Å². The Bertz CT molecular complexity index is 2750. The Morgan fingerprint density at radius 2 is 0.879 bits per heavy atom. The molecule has 8 aromatic carbocycles. The van der Waals surface area contributed by atoms with Crippen molar-refractivity contribution in [2.45, 2.75) is 91.9 Å². The molecule has 1 aliphatic rings. The maximum Gasteiger partial charge on any atom is -0.000741 e. The molecule has 0 spiro atoms. The molecule has 0 heteroatoms. The highest BCUT2D eigenvalue weighted by atomic mass is 14.3. The summed E-state index contributed by atoms with van der Waals surface area (Å²) in [5.74, 6) is 0. The van der Waals surface area contributed by atoms with Crippen LogP contribution in [0, 0.1) is 13.8 Å². The van der Waals surface area contributed by atoms with E-state index in [-0.39, 0.29) is 0 Å². The molecule has 0 bridgehead atoms. The van der Waals surface area contributed by atoms with Gasteiger partial charge in [-0.15, -0.1) is 0 Å². The molecule has 9 rings (SSSR count). The average Bonchev–Trinajstić information content (AvgIpc) is 3.58. The average molecular weight is 753 g/mol. The van der Waals surface area contributed by atoms with Crippen molar-refractivity contribution in [3.05, 3.63) is 168 Å². The summed E-state index contributed by atoms with van der Waals surface area (Å²) in [5, 5.41) is 5.32. The van der Waals surface area contributed by atoms with E-state index in [1.807, 2.05) is 0 Å². The summed E-state index contributed by atoms with van der Waals surface area (Å²) in [5.41, 5.74) is 21.4. The minimum absolute atomic E-state index is 1.14. The molecular formula is C58H56. The van der Waals surface area contributed by atoms with Gasteiger partial charge in [-0.05, 0) is 145 Å². The van der Waals surface area contributed by atoms with Crippen LogP contribution >= 0.6 is 0 Å². The predicted molar refractivity (Wildman–Crippen MR) is 253 cm³/mol. The van der Waals surface area contributed by atoms with E-state index in [0.717, 1.165) is 12.8 Å². The maximum atomic E-state index is 2.50. The molecule has 0 radical (unpaired) electrons. The lowest BCUT2D eigenvalue weighted by molar-refractivity contribution is 0.667. The summed E-state index contributed by atoms with van der Waals surface area (Å²) in [4.78, 5) is 0. The molecular weight excluding hydrogens is 697 g/mol. The Balaban J connectivity index is 1.29. The number of aryl methyl sites for hydroxylation is 4. The fraction of sp³-hybridized carbons (Fsp3) is 0.241. The molecule has 1 aliphatic carbocycles. The van der Waals surface area contributed by atoms with Crippen molar-refractivity contribution in [2.75, 3.05) is 0 Å². The maximum absolute atomic E-state index is 2.50. The molecule has 0 unspecified atom stereocenters. The van der Waals surface area contributed by atoms with Crippen LogP contribution in [0.4, 0.5) is 0 Å². The molecule has 0 nitrogen and oxygen atoms in total. The van der Waals surface area contributed by atoms with Crippen LogP contribution < -0.4 is 0 Å². The van der Waals surface area contributed by atoms with E-state index in [9.17, 15) is 0 Å². The summed E-state index contributed by atoms with van der Waals surface area (Å²) in [6, 6.07) is 56.0. The summed E-state index contributed by atoms with van der Waals surface area (Å²) in [6.07, 6.45) is 12.5. The molecule has 0 aromatic heterocycles. The summed E-state index contributed by atoms with van der Waals surface area (Å²) in [7, 11) is 0. The zero-order valence-corrected chi connectivity index (χ0v) is 34.9. The number of rotatable bonds is 14. The molecule has 58 heavy (non-hydrogen) atoms. The highest BCUT2D eigenvalue weighted by Gasteiger charge is 2.31. The Labute approximate surface area is 346 Å². The van der Waals surface area contributed by atoms with E-state index >= 15 is 0 Å². The quantitative estimate of drug-likeness (QED) is 0.0971. The van der Waals surface area contributed by atoms with Crippen molar-refractivity contribution >= 4 is 21.5 Å². The first-order valence-electron chi connectivity index (χ1n) is 22.0. The number of unbranched alkanes of at least 4 members (excludes halogenated alkanes) is 6. The first kappa shape index (κ1) is 37.8. The molecule has 0 atom stereocenters. The van der Waals surface area contributed by atoms with Gasteiger partial charge in [-0.2, -0.15) is 0 Å². The van der Waals surface area contributed by atoms with Gasteiger partial charge in [-0.25, -0.2) is 0 Å². The van der Waals surface area contributed by atoms with Gasteiger partial charge in [-0.1, -0.05) is 203 Å². The molecule has 0 N–H and O–H groups in total. The molecule has 288 valence electrons. The van der Waals surface area contributed by atoms with Crippen molar-refractivity contribution in [1.29, 1.82) is 0 Å². The van der Waals surface area contributed by atoms with Crippen LogP contribution in [0.25, 0.3) is 88.3 Å². The molecule has 8 aromatic rings. The second kappa shape index (κ2) is 16.6. The van der Waals surface area contributed by atoms with E-state index in [2.05, 4.69) is 173 Å². The van der Waals surface area contributed by atoms with Crippen molar-refractivity contribution in [2.24, 2.45) is 0 Å². The minimum atomic E-state index is 1.14. The first-order valence-corrected chi connectivity index (χ1v) is 22.0. The second-order valence-corrected chi connectivity index (χ2v) is 16.9. The lowest BCUT2D eigenvalue weighted by Gasteiger charge is -2.21. The van der Waals surface area contributed by atoms with Crippen molar-refractivity contribution in [3.63, 3.8) is 0 Å². The van der Waals surface area contributed by atoms with Crippen LogP contribution in [0.5, 0.6) is 0 Å². The Kier molecular flexibility index (Phi) is 10.9. The minimum Gasteiger partial charge on any atom is -0.0654 e. The molecule has 0 heterocycles. The van der Waals surface area contributed by atoms with Crippen LogP contribution in [0.3, 0.4) is 0 Å². The number of benzene rings is 8. The van der Waals surface area contributed by atoms with Gasteiger partial charge in [0.1, 0.15) is 0 Å². The fourth-order valence-electron chi connectivity index (χ4n) is 9.94. The highest BCUT2D eigenvalue weighted by Crippen LogP contribution is 2.58. The van der Waals surface area contributed by atoms with E-state index in [0.29, 0.717) is 0 Å². The number of hydrogen-bond donors (Lipinski definition) is 0. The van der Waals surface area contributed by atoms with Crippen LogP contribution in [0.2, 0.25) is 0 Å². The van der Waals surface area contributed by atoms with E-state index in [4.69, 9.17) is 0 Å². The van der Waals surface area contributed by atoms with Crippen molar-refractivity contribution in [1.82, 2.24) is 0 Å². The zero-order chi connectivity index (χ0) is 39.6. The third-order valence-corrected chi connectivity index (χ3v) is 12.6. The Morgan fingerprint density at radius 1 is 0.328 bits per heavy atom. The van der Waals surface area contributed by atoms with E-state index < -0.39 is 0 Å². The molecule has 0 fully saturated rings. The van der Waals surface area contributed by atoms with Gasteiger partial charge in [0.25, 0.3) is 0 Å². The molecule has 0 amide bonds. The Morgan fingerprint density at radius 3 is 1.50 bits per heavy atom. The van der Waals surface area contributed by atoms with Crippen LogP contribution in [-0.2, 0) is 12.8 Å². The van der Waals surface area contributed by atoms with Gasteiger partial charge in [0.05, 0.1) is 0 Å². The van der Waals surface area contributed by atoms with Gasteiger partial charge in [-0.3, -0.25) is 0 Å². The molecule has 0 saturated heterocycles. The lowest BCUT2D eigenvalue weighted by atomic mass is 9.81. The van der Waals surface area contributed by atoms with Gasteiger partial charge in [0.2, 0.25) is 0 Å². The number of fused-ring (bicyclic) bond motifs is 4. The predicted octanol–water partition coefficient (Wildman–Crippen LogP) is 17.2. The highest BCUT2D eigenvalue weighted by molar-refractivity contribution is 6.29.